The number of aryl methyl sites for hydroxylation is 2. The Hall–Kier alpha value is -3.50. The molecule has 160 valence electrons. The summed E-state index contributed by atoms with van der Waals surface area (Å²) in [6, 6.07) is 21.8. The maximum atomic E-state index is 12.6. The lowest BCUT2D eigenvalue weighted by Gasteiger charge is -2.09. The minimum atomic E-state index is -0.106. The number of hydrogen-bond donors (Lipinski definition) is 1. The van der Waals surface area contributed by atoms with Gasteiger partial charge in [0.1, 0.15) is 5.75 Å². The Morgan fingerprint density at radius 1 is 1.06 bits per heavy atom. The molecule has 3 aromatic carbocycles. The van der Waals surface area contributed by atoms with Crippen LogP contribution in [0.3, 0.4) is 0 Å². The summed E-state index contributed by atoms with van der Waals surface area (Å²) in [6.45, 7) is 3.53. The molecule has 1 aliphatic rings. The Kier molecular flexibility index (Phi) is 5.46. The zero-order valence-electron chi connectivity index (χ0n) is 17.8. The number of ether oxygens (including phenoxy) is 1. The van der Waals surface area contributed by atoms with E-state index >= 15 is 0 Å². The smallest absolute Gasteiger partial charge is 0.256 e. The van der Waals surface area contributed by atoms with Crippen molar-refractivity contribution in [1.29, 1.82) is 0 Å². The van der Waals surface area contributed by atoms with Gasteiger partial charge in [-0.2, -0.15) is 0 Å². The fraction of sp³-hybridized carbons (Fsp3) is 0.148. The summed E-state index contributed by atoms with van der Waals surface area (Å²) in [6.07, 6.45) is 4.97. The number of carbonyl (C=O) groups excluding carboxylic acids is 1. The van der Waals surface area contributed by atoms with Gasteiger partial charge in [0.25, 0.3) is 5.91 Å². The fourth-order valence-electron chi connectivity index (χ4n) is 4.18. The van der Waals surface area contributed by atoms with Gasteiger partial charge in [0.05, 0.1) is 12.3 Å². The third kappa shape index (κ3) is 3.90. The number of anilines is 1. The van der Waals surface area contributed by atoms with E-state index in [1.807, 2.05) is 48.5 Å². The highest BCUT2D eigenvalue weighted by Gasteiger charge is 2.24. The third-order valence-corrected chi connectivity index (χ3v) is 6.01. The summed E-state index contributed by atoms with van der Waals surface area (Å²) in [7, 11) is 0. The number of rotatable bonds is 6. The topological polar surface area (TPSA) is 43.3 Å². The lowest BCUT2D eigenvalue weighted by Crippen LogP contribution is -2.04. The van der Waals surface area contributed by atoms with Crippen LogP contribution in [0.5, 0.6) is 5.75 Å². The normalized spacial score (nSPS) is 14.1. The van der Waals surface area contributed by atoms with Crippen molar-refractivity contribution in [3.63, 3.8) is 0 Å². The first-order chi connectivity index (χ1) is 15.6. The Bertz CT molecular complexity index is 1350. The van der Waals surface area contributed by atoms with Gasteiger partial charge < -0.3 is 14.6 Å². The van der Waals surface area contributed by atoms with Gasteiger partial charge in [-0.15, -0.1) is 0 Å². The first-order valence-corrected chi connectivity index (χ1v) is 11.1. The molecular weight excluding hydrogens is 420 g/mol. The van der Waals surface area contributed by atoms with Gasteiger partial charge in [0.15, 0.2) is 0 Å². The number of hydrogen-bond acceptors (Lipinski definition) is 2. The Morgan fingerprint density at radius 2 is 1.88 bits per heavy atom. The molecule has 0 bridgehead atoms. The van der Waals surface area contributed by atoms with E-state index in [4.69, 9.17) is 16.3 Å². The molecule has 5 heteroatoms. The molecule has 0 saturated carbocycles. The van der Waals surface area contributed by atoms with E-state index in [0.717, 1.165) is 52.0 Å². The molecule has 2 heterocycles. The molecule has 0 fully saturated rings. The van der Waals surface area contributed by atoms with Crippen LogP contribution in [-0.2, 0) is 11.3 Å². The summed E-state index contributed by atoms with van der Waals surface area (Å²) in [5.41, 5.74) is 5.60. The number of nitrogens with zero attached hydrogens (tertiary/aromatic N) is 1. The van der Waals surface area contributed by atoms with E-state index < -0.39 is 0 Å². The van der Waals surface area contributed by atoms with E-state index in [-0.39, 0.29) is 5.91 Å². The van der Waals surface area contributed by atoms with Crippen molar-refractivity contribution in [2.75, 3.05) is 11.9 Å². The largest absolute Gasteiger partial charge is 0.493 e. The van der Waals surface area contributed by atoms with Crippen LogP contribution in [0.4, 0.5) is 5.69 Å². The molecule has 5 rings (SSSR count). The van der Waals surface area contributed by atoms with E-state index in [1.165, 1.54) is 0 Å². The zero-order valence-corrected chi connectivity index (χ0v) is 18.5. The number of carbonyl (C=O) groups is 1. The van der Waals surface area contributed by atoms with Crippen molar-refractivity contribution in [1.82, 2.24) is 4.57 Å². The maximum Gasteiger partial charge on any atom is 0.256 e. The molecular formula is C27H23ClN2O2. The van der Waals surface area contributed by atoms with Crippen molar-refractivity contribution in [2.24, 2.45) is 0 Å². The minimum absolute atomic E-state index is 0.106. The number of halogens is 1. The summed E-state index contributed by atoms with van der Waals surface area (Å²) < 4.78 is 8.19. The molecule has 0 saturated heterocycles. The second kappa shape index (κ2) is 8.56. The SMILES string of the molecule is Cc1ccccc1OCCCn1cc(/C=C2/C(=O)Nc3cc(Cl)ccc32)c2ccccc21. The zero-order chi connectivity index (χ0) is 22.1. The van der Waals surface area contributed by atoms with Crippen LogP contribution < -0.4 is 10.1 Å². The number of benzene rings is 3. The number of nitrogens with one attached hydrogen (secondary N) is 1. The van der Waals surface area contributed by atoms with Crippen LogP contribution in [0, 0.1) is 6.92 Å². The second-order valence-electron chi connectivity index (χ2n) is 7.96. The van der Waals surface area contributed by atoms with Gasteiger partial charge in [-0.05, 0) is 49.2 Å². The average molecular weight is 443 g/mol. The van der Waals surface area contributed by atoms with Gasteiger partial charge in [0, 0.05) is 45.4 Å². The molecule has 1 aromatic heterocycles. The highest BCUT2D eigenvalue weighted by atomic mass is 35.5. The van der Waals surface area contributed by atoms with Crippen LogP contribution in [0.2, 0.25) is 5.02 Å². The lowest BCUT2D eigenvalue weighted by molar-refractivity contribution is -0.110. The van der Waals surface area contributed by atoms with Crippen molar-refractivity contribution >= 4 is 45.7 Å². The lowest BCUT2D eigenvalue weighted by atomic mass is 10.0. The first kappa shape index (κ1) is 20.4. The van der Waals surface area contributed by atoms with Crippen molar-refractivity contribution < 1.29 is 9.53 Å². The molecule has 0 radical (unpaired) electrons. The van der Waals surface area contributed by atoms with Gasteiger partial charge in [-0.25, -0.2) is 0 Å². The monoisotopic (exact) mass is 442 g/mol. The van der Waals surface area contributed by atoms with Crippen LogP contribution in [0.25, 0.3) is 22.6 Å². The van der Waals surface area contributed by atoms with Crippen molar-refractivity contribution in [2.45, 2.75) is 19.9 Å². The number of fused-ring (bicyclic) bond motifs is 2. The minimum Gasteiger partial charge on any atom is -0.493 e. The molecule has 0 aliphatic carbocycles. The highest BCUT2D eigenvalue weighted by Crippen LogP contribution is 2.36. The van der Waals surface area contributed by atoms with Crippen LogP contribution in [0.1, 0.15) is 23.1 Å². The van der Waals surface area contributed by atoms with Gasteiger partial charge in [0.2, 0.25) is 0 Å². The molecule has 4 aromatic rings. The average Bonchev–Trinajstić information content (AvgIpc) is 3.29. The van der Waals surface area contributed by atoms with E-state index in [9.17, 15) is 4.79 Å². The molecule has 0 atom stereocenters. The summed E-state index contributed by atoms with van der Waals surface area (Å²) in [5, 5.41) is 4.64. The van der Waals surface area contributed by atoms with Crippen LogP contribution >= 0.6 is 11.6 Å². The fourth-order valence-corrected chi connectivity index (χ4v) is 4.35. The maximum absolute atomic E-state index is 12.6. The van der Waals surface area contributed by atoms with E-state index in [1.54, 1.807) is 6.07 Å². The third-order valence-electron chi connectivity index (χ3n) is 5.78. The van der Waals surface area contributed by atoms with Crippen LogP contribution in [-0.4, -0.2) is 17.1 Å². The summed E-state index contributed by atoms with van der Waals surface area (Å²) in [4.78, 5) is 12.6. The molecule has 32 heavy (non-hydrogen) atoms. The number of amides is 1. The molecule has 1 amide bonds. The standard InChI is InChI=1S/C27H23ClN2O2/c1-18-7-2-5-10-26(18)32-14-6-13-30-17-19(21-8-3-4-9-25(21)30)15-23-22-12-11-20(28)16-24(22)29-27(23)31/h2-5,7-12,15-17H,6,13-14H2,1H3,(H,29,31)/b23-15+. The number of para-hydroxylation sites is 2. The molecule has 4 nitrogen and oxygen atoms in total. The second-order valence-corrected chi connectivity index (χ2v) is 8.40. The Labute approximate surface area is 192 Å². The van der Waals surface area contributed by atoms with Crippen molar-refractivity contribution in [3.8, 4) is 5.75 Å². The highest BCUT2D eigenvalue weighted by molar-refractivity contribution is 6.36. The number of aromatic nitrogens is 1. The molecule has 1 N–H and O–H groups in total. The molecule has 0 unspecified atom stereocenters. The van der Waals surface area contributed by atoms with E-state index in [2.05, 4.69) is 41.2 Å². The van der Waals surface area contributed by atoms with Crippen molar-refractivity contribution in [3.05, 3.63) is 94.6 Å². The molecule has 0 spiro atoms. The summed E-state index contributed by atoms with van der Waals surface area (Å²) in [5.74, 6) is 0.826. The molecule has 1 aliphatic heterocycles. The Balaban J connectivity index is 1.40. The quantitative estimate of drug-likeness (QED) is 0.271. The van der Waals surface area contributed by atoms with Gasteiger partial charge in [-0.1, -0.05) is 54.1 Å². The first-order valence-electron chi connectivity index (χ1n) is 10.7. The van der Waals surface area contributed by atoms with Gasteiger partial charge >= 0.3 is 0 Å². The predicted octanol–water partition coefficient (Wildman–Crippen LogP) is 6.56. The Morgan fingerprint density at radius 3 is 2.75 bits per heavy atom. The summed E-state index contributed by atoms with van der Waals surface area (Å²) >= 11 is 6.08. The van der Waals surface area contributed by atoms with Crippen LogP contribution in [0.15, 0.2) is 72.9 Å². The predicted molar refractivity (Wildman–Crippen MR) is 131 cm³/mol. The van der Waals surface area contributed by atoms with E-state index in [0.29, 0.717) is 17.2 Å². The van der Waals surface area contributed by atoms with Gasteiger partial charge in [-0.3, -0.25) is 4.79 Å².